The largest absolute Gasteiger partial charge is 0.459 e. The van der Waals surface area contributed by atoms with Crippen LogP contribution in [0.15, 0.2) is 0 Å². The summed E-state index contributed by atoms with van der Waals surface area (Å²) in [7, 11) is 0. The van der Waals surface area contributed by atoms with Crippen LogP contribution in [0.2, 0.25) is 0 Å². The van der Waals surface area contributed by atoms with Crippen molar-refractivity contribution in [1.82, 2.24) is 0 Å². The summed E-state index contributed by atoms with van der Waals surface area (Å²) in [6.45, 7) is 0. The minimum absolute atomic E-state index is 1.43. The van der Waals surface area contributed by atoms with Crippen molar-refractivity contribution >= 4 is 11.6 Å². The molecule has 0 spiro atoms. The van der Waals surface area contributed by atoms with Gasteiger partial charge in [0.25, 0.3) is 0 Å². The molecule has 0 aromatic heterocycles. The molecule has 0 aromatic carbocycles. The molecule has 1 atom stereocenters. The third-order valence-corrected chi connectivity index (χ3v) is 1.63. The summed E-state index contributed by atoms with van der Waals surface area (Å²) in [6, 6.07) is 0. The lowest BCUT2D eigenvalue weighted by atomic mass is 10.1. The lowest BCUT2D eigenvalue weighted by Gasteiger charge is -2.30. The van der Waals surface area contributed by atoms with Gasteiger partial charge in [-0.3, -0.25) is 0 Å². The normalized spacial score (nSPS) is 16.9. The predicted octanol–water partition coefficient (Wildman–Crippen LogP) is 2.42. The first-order valence-electron chi connectivity index (χ1n) is 3.05. The van der Waals surface area contributed by atoms with Gasteiger partial charge in [-0.15, -0.1) is 11.6 Å². The molecule has 0 heterocycles. The number of hydrogen-bond donors (Lipinski definition) is 1. The van der Waals surface area contributed by atoms with Crippen LogP contribution in [0.4, 0.5) is 30.7 Å². The van der Waals surface area contributed by atoms with Crippen LogP contribution in [0.5, 0.6) is 0 Å². The Balaban J connectivity index is 5.07. The first-order chi connectivity index (χ1) is 5.98. The van der Waals surface area contributed by atoms with Gasteiger partial charge in [-0.1, -0.05) is 0 Å². The fraction of sp³-hybridized carbons (Fsp3) is 1.00. The summed E-state index contributed by atoms with van der Waals surface area (Å²) < 4.78 is 83.0. The zero-order valence-corrected chi connectivity index (χ0v) is 7.01. The van der Waals surface area contributed by atoms with Crippen LogP contribution in [0.3, 0.4) is 0 Å². The van der Waals surface area contributed by atoms with Crippen LogP contribution in [0.25, 0.3) is 0 Å². The number of aliphatic hydroxyl groups excluding tert-OH is 1. The lowest BCUT2D eigenvalue weighted by molar-refractivity contribution is -0.369. The molecule has 0 radical (unpaired) electrons. The van der Waals surface area contributed by atoms with Gasteiger partial charge in [0.2, 0.25) is 0 Å². The number of rotatable bonds is 3. The van der Waals surface area contributed by atoms with Gasteiger partial charge in [-0.25, -0.2) is 0 Å². The van der Waals surface area contributed by atoms with E-state index in [9.17, 15) is 30.7 Å². The number of hydrogen-bond acceptors (Lipinski definition) is 1. The molecule has 1 N–H and O–H groups in total. The molecule has 86 valence electrons. The van der Waals surface area contributed by atoms with E-state index < -0.39 is 30.0 Å². The highest BCUT2D eigenvalue weighted by molar-refractivity contribution is 6.18. The van der Waals surface area contributed by atoms with Crippen molar-refractivity contribution < 1.29 is 35.8 Å². The molecule has 0 bridgehead atoms. The van der Waals surface area contributed by atoms with E-state index in [1.807, 2.05) is 0 Å². The van der Waals surface area contributed by atoms with E-state index >= 15 is 0 Å². The van der Waals surface area contributed by atoms with Gasteiger partial charge in [-0.2, -0.15) is 30.7 Å². The van der Waals surface area contributed by atoms with Crippen LogP contribution >= 0.6 is 11.6 Å². The third kappa shape index (κ3) is 2.05. The van der Waals surface area contributed by atoms with E-state index in [2.05, 4.69) is 11.6 Å². The molecule has 0 aliphatic rings. The van der Waals surface area contributed by atoms with Crippen molar-refractivity contribution in [3.8, 4) is 0 Å². The second-order valence-corrected chi connectivity index (χ2v) is 2.67. The molecule has 0 saturated heterocycles. The molecule has 0 amide bonds. The third-order valence-electron chi connectivity index (χ3n) is 1.34. The Morgan fingerprint density at radius 1 is 1.00 bits per heavy atom. The summed E-state index contributed by atoms with van der Waals surface area (Å²) >= 11 is 4.56. The van der Waals surface area contributed by atoms with E-state index in [0.29, 0.717) is 0 Å². The second-order valence-electron chi connectivity index (χ2n) is 2.37. The molecule has 0 rings (SSSR count). The van der Waals surface area contributed by atoms with Crippen molar-refractivity contribution in [3.05, 3.63) is 0 Å². The average Bonchev–Trinajstić information content (AvgIpc) is 2.00. The lowest BCUT2D eigenvalue weighted by Crippen LogP contribution is -2.58. The van der Waals surface area contributed by atoms with Gasteiger partial charge < -0.3 is 5.11 Å². The number of alkyl halides is 8. The first kappa shape index (κ1) is 13.8. The zero-order valence-electron chi connectivity index (χ0n) is 6.26. The molecule has 9 heteroatoms. The maximum Gasteiger partial charge on any atom is 0.459 e. The zero-order chi connectivity index (χ0) is 11.8. The van der Waals surface area contributed by atoms with Gasteiger partial charge in [0.05, 0.1) is 5.88 Å². The van der Waals surface area contributed by atoms with E-state index in [0.717, 1.165) is 0 Å². The molecule has 0 fully saturated rings. The van der Waals surface area contributed by atoms with Crippen molar-refractivity contribution in [1.29, 1.82) is 0 Å². The highest BCUT2D eigenvalue weighted by Gasteiger charge is 2.75. The quantitative estimate of drug-likeness (QED) is 0.601. The van der Waals surface area contributed by atoms with Crippen LogP contribution in [-0.2, 0) is 0 Å². The Labute approximate surface area is 78.5 Å². The fourth-order valence-corrected chi connectivity index (χ4v) is 0.689. The average molecular weight is 249 g/mol. The van der Waals surface area contributed by atoms with Gasteiger partial charge >= 0.3 is 18.0 Å². The summed E-state index contributed by atoms with van der Waals surface area (Å²) in [5.74, 6) is -13.4. The molecular weight excluding hydrogens is 244 g/mol. The van der Waals surface area contributed by atoms with Crippen LogP contribution < -0.4 is 0 Å². The van der Waals surface area contributed by atoms with Crippen molar-refractivity contribution in [2.45, 2.75) is 24.1 Å². The molecule has 1 unspecified atom stereocenters. The van der Waals surface area contributed by atoms with Crippen LogP contribution in [0, 0.1) is 0 Å². The van der Waals surface area contributed by atoms with Gasteiger partial charge in [0.1, 0.15) is 6.10 Å². The van der Waals surface area contributed by atoms with Crippen LogP contribution in [-0.4, -0.2) is 35.1 Å². The second kappa shape index (κ2) is 3.73. The summed E-state index contributed by atoms with van der Waals surface area (Å²) in [5.41, 5.74) is 0. The Morgan fingerprint density at radius 2 is 1.36 bits per heavy atom. The molecule has 0 aliphatic carbocycles. The highest BCUT2D eigenvalue weighted by atomic mass is 35.5. The van der Waals surface area contributed by atoms with E-state index in [1.54, 1.807) is 0 Å². The SMILES string of the molecule is OC(CCl)C(F)(F)C(F)(F)C(F)(F)F. The van der Waals surface area contributed by atoms with E-state index in [-0.39, 0.29) is 0 Å². The number of aliphatic hydroxyl groups is 1. The Morgan fingerprint density at radius 3 is 1.57 bits per heavy atom. The Hall–Kier alpha value is -0.240. The standard InChI is InChI=1S/C5H4ClF7O/c6-1-2(14)3(7,8)4(9,10)5(11,12)13/h2,14H,1H2. The fourth-order valence-electron chi connectivity index (χ4n) is 0.495. The first-order valence-corrected chi connectivity index (χ1v) is 3.58. The number of halogens is 8. The highest BCUT2D eigenvalue weighted by Crippen LogP contribution is 2.48. The Kier molecular flexibility index (Phi) is 3.66. The van der Waals surface area contributed by atoms with Crippen molar-refractivity contribution in [3.63, 3.8) is 0 Å². The molecular formula is C5H4ClF7O. The minimum Gasteiger partial charge on any atom is -0.385 e. The van der Waals surface area contributed by atoms with E-state index in [1.165, 1.54) is 0 Å². The summed E-state index contributed by atoms with van der Waals surface area (Å²) in [4.78, 5) is 0. The molecule has 0 aromatic rings. The van der Waals surface area contributed by atoms with E-state index in [4.69, 9.17) is 5.11 Å². The summed E-state index contributed by atoms with van der Waals surface area (Å²) in [6.07, 6.45) is -9.70. The van der Waals surface area contributed by atoms with Crippen molar-refractivity contribution in [2.24, 2.45) is 0 Å². The van der Waals surface area contributed by atoms with Gasteiger partial charge in [0.15, 0.2) is 0 Å². The van der Waals surface area contributed by atoms with Gasteiger partial charge in [-0.05, 0) is 0 Å². The maximum absolute atomic E-state index is 12.3. The monoisotopic (exact) mass is 248 g/mol. The maximum atomic E-state index is 12.3. The molecule has 0 aliphatic heterocycles. The summed E-state index contributed by atoms with van der Waals surface area (Å²) in [5, 5.41) is 8.22. The van der Waals surface area contributed by atoms with Crippen molar-refractivity contribution in [2.75, 3.05) is 5.88 Å². The Bertz CT molecular complexity index is 201. The topological polar surface area (TPSA) is 20.2 Å². The molecule has 0 saturated carbocycles. The minimum atomic E-state index is -6.44. The van der Waals surface area contributed by atoms with Crippen LogP contribution in [0.1, 0.15) is 0 Å². The molecule has 1 nitrogen and oxygen atoms in total. The smallest absolute Gasteiger partial charge is 0.385 e. The molecule has 14 heavy (non-hydrogen) atoms. The predicted molar refractivity (Wildman–Crippen MR) is 32.7 cm³/mol. The van der Waals surface area contributed by atoms with Gasteiger partial charge in [0, 0.05) is 0 Å².